The number of alkyl halides is 3. The molecule has 0 saturated heterocycles. The van der Waals surface area contributed by atoms with Gasteiger partial charge < -0.3 is 10.2 Å². The maximum atomic E-state index is 14.0. The monoisotopic (exact) mass is 514 g/mol. The van der Waals surface area contributed by atoms with Crippen LogP contribution in [0.3, 0.4) is 0 Å². The van der Waals surface area contributed by atoms with Crippen LogP contribution < -0.4 is 5.32 Å². The van der Waals surface area contributed by atoms with Crippen LogP contribution in [0.1, 0.15) is 26.3 Å². The van der Waals surface area contributed by atoms with Gasteiger partial charge in [0.05, 0.1) is 16.6 Å². The van der Waals surface area contributed by atoms with Crippen molar-refractivity contribution in [2.75, 3.05) is 19.4 Å². The molecule has 4 aromatic rings. The van der Waals surface area contributed by atoms with Crippen LogP contribution in [-0.2, 0) is 6.18 Å². The summed E-state index contributed by atoms with van der Waals surface area (Å²) in [4.78, 5) is 27.2. The number of amides is 1. The van der Waals surface area contributed by atoms with E-state index < -0.39 is 40.6 Å². The van der Waals surface area contributed by atoms with Gasteiger partial charge in [0.15, 0.2) is 5.78 Å². The molecule has 0 aliphatic rings. The molecular weight excluding hydrogens is 495 g/mol. The number of pyridine rings is 1. The number of hydrogen-bond donors (Lipinski definition) is 1. The zero-order chi connectivity index (χ0) is 26.9. The van der Waals surface area contributed by atoms with E-state index in [2.05, 4.69) is 10.4 Å². The van der Waals surface area contributed by atoms with Crippen molar-refractivity contribution in [3.63, 3.8) is 0 Å². The minimum absolute atomic E-state index is 0.0375. The molecule has 0 aliphatic heterocycles. The summed E-state index contributed by atoms with van der Waals surface area (Å²) in [5.41, 5.74) is -1.09. The van der Waals surface area contributed by atoms with Gasteiger partial charge in [-0.1, -0.05) is 18.2 Å². The molecule has 0 atom stereocenters. The number of nitrogens with one attached hydrogen (secondary N) is 1. The van der Waals surface area contributed by atoms with E-state index in [1.807, 2.05) is 0 Å². The summed E-state index contributed by atoms with van der Waals surface area (Å²) in [5, 5.41) is 6.62. The predicted octanol–water partition coefficient (Wildman–Crippen LogP) is 5.81. The first-order chi connectivity index (χ1) is 17.5. The van der Waals surface area contributed by atoms with Crippen LogP contribution in [-0.4, -0.2) is 40.3 Å². The molecule has 0 saturated carbocycles. The number of carbonyl (C=O) groups is 2. The molecule has 0 aliphatic carbocycles. The quantitative estimate of drug-likeness (QED) is 0.200. The second-order valence-corrected chi connectivity index (χ2v) is 8.24. The van der Waals surface area contributed by atoms with E-state index in [0.29, 0.717) is 0 Å². The average Bonchev–Trinajstić information content (AvgIpc) is 3.21. The number of allylic oxidation sites excluding steroid dienone is 1. The van der Waals surface area contributed by atoms with Crippen molar-refractivity contribution in [1.29, 1.82) is 0 Å². The van der Waals surface area contributed by atoms with E-state index in [0.717, 1.165) is 41.0 Å². The SMILES string of the molecule is CN(C)C=CC(=O)c1c(-c2cccc(NC(=O)c3c(F)cccc3F)c2)nn2cc(C(F)(F)F)ccc12. The van der Waals surface area contributed by atoms with Gasteiger partial charge in [-0.3, -0.25) is 9.59 Å². The highest BCUT2D eigenvalue weighted by molar-refractivity contribution is 6.13. The van der Waals surface area contributed by atoms with Crippen LogP contribution in [0.25, 0.3) is 16.8 Å². The van der Waals surface area contributed by atoms with Crippen molar-refractivity contribution in [3.05, 3.63) is 101 Å². The van der Waals surface area contributed by atoms with E-state index in [1.165, 1.54) is 36.5 Å². The molecule has 4 rings (SSSR count). The average molecular weight is 514 g/mol. The second-order valence-electron chi connectivity index (χ2n) is 8.24. The van der Waals surface area contributed by atoms with E-state index in [9.17, 15) is 31.5 Å². The van der Waals surface area contributed by atoms with Crippen molar-refractivity contribution in [2.45, 2.75) is 6.18 Å². The minimum Gasteiger partial charge on any atom is -0.383 e. The Morgan fingerprint density at radius 3 is 2.30 bits per heavy atom. The van der Waals surface area contributed by atoms with Gasteiger partial charge in [-0.05, 0) is 36.4 Å². The van der Waals surface area contributed by atoms with Crippen molar-refractivity contribution < 1.29 is 31.5 Å². The van der Waals surface area contributed by atoms with Gasteiger partial charge >= 0.3 is 6.18 Å². The van der Waals surface area contributed by atoms with Crippen LogP contribution in [0.5, 0.6) is 0 Å². The van der Waals surface area contributed by atoms with Gasteiger partial charge in [0.1, 0.15) is 22.9 Å². The Balaban J connectivity index is 1.80. The maximum absolute atomic E-state index is 14.0. The lowest BCUT2D eigenvalue weighted by Gasteiger charge is -2.09. The third-order valence-electron chi connectivity index (χ3n) is 5.31. The Morgan fingerprint density at radius 1 is 0.973 bits per heavy atom. The summed E-state index contributed by atoms with van der Waals surface area (Å²) >= 11 is 0. The van der Waals surface area contributed by atoms with Gasteiger partial charge in [0.2, 0.25) is 0 Å². The summed E-state index contributed by atoms with van der Waals surface area (Å²) in [6.45, 7) is 0. The van der Waals surface area contributed by atoms with Crippen LogP contribution in [0.15, 0.2) is 73.1 Å². The summed E-state index contributed by atoms with van der Waals surface area (Å²) in [7, 11) is 3.39. The fourth-order valence-electron chi connectivity index (χ4n) is 3.61. The molecule has 2 heterocycles. The number of nitrogens with zero attached hydrogens (tertiary/aromatic N) is 3. The Kier molecular flexibility index (Phi) is 6.80. The zero-order valence-corrected chi connectivity index (χ0v) is 19.5. The van der Waals surface area contributed by atoms with Crippen molar-refractivity contribution in [1.82, 2.24) is 14.5 Å². The van der Waals surface area contributed by atoms with Gasteiger partial charge in [-0.2, -0.15) is 18.3 Å². The first-order valence-electron chi connectivity index (χ1n) is 10.8. The number of ketones is 1. The highest BCUT2D eigenvalue weighted by Gasteiger charge is 2.32. The molecule has 1 N–H and O–H groups in total. The molecule has 2 aromatic heterocycles. The Bertz CT molecular complexity index is 1520. The predicted molar refractivity (Wildman–Crippen MR) is 127 cm³/mol. The van der Waals surface area contributed by atoms with Gasteiger partial charge in [0.25, 0.3) is 5.91 Å². The molecule has 0 fully saturated rings. The first kappa shape index (κ1) is 25.5. The van der Waals surface area contributed by atoms with Crippen LogP contribution in [0.4, 0.5) is 27.6 Å². The van der Waals surface area contributed by atoms with Gasteiger partial charge in [0, 0.05) is 43.8 Å². The van der Waals surface area contributed by atoms with Crippen molar-refractivity contribution >= 4 is 22.9 Å². The van der Waals surface area contributed by atoms with E-state index >= 15 is 0 Å². The van der Waals surface area contributed by atoms with E-state index in [-0.39, 0.29) is 28.0 Å². The molecule has 6 nitrogen and oxygen atoms in total. The number of rotatable bonds is 6. The number of aromatic nitrogens is 2. The molecule has 1 amide bonds. The number of carbonyl (C=O) groups excluding carboxylic acids is 2. The number of anilines is 1. The number of benzene rings is 2. The summed E-state index contributed by atoms with van der Waals surface area (Å²) in [6.07, 6.45) is -1.11. The molecular formula is C26H19F5N4O2. The summed E-state index contributed by atoms with van der Waals surface area (Å²) < 4.78 is 68.8. The third kappa shape index (κ3) is 5.35. The van der Waals surface area contributed by atoms with Gasteiger partial charge in [-0.25, -0.2) is 13.3 Å². The number of hydrogen-bond acceptors (Lipinski definition) is 4. The fourth-order valence-corrected chi connectivity index (χ4v) is 3.61. The highest BCUT2D eigenvalue weighted by atomic mass is 19.4. The lowest BCUT2D eigenvalue weighted by Crippen LogP contribution is -2.15. The molecule has 190 valence electrons. The second kappa shape index (κ2) is 9.84. The molecule has 0 radical (unpaired) electrons. The standard InChI is InChI=1S/C26H19F5N4O2/c1-34(2)12-11-21(36)23-20-10-9-16(26(29,30)31)14-35(20)33-24(23)15-5-3-6-17(13-15)32-25(37)22-18(27)7-4-8-19(22)28/h3-14H,1-2H3,(H,32,37). The number of halogens is 5. The summed E-state index contributed by atoms with van der Waals surface area (Å²) in [5.74, 6) is -3.64. The Labute approximate surface area is 207 Å². The van der Waals surface area contributed by atoms with E-state index in [4.69, 9.17) is 0 Å². The summed E-state index contributed by atoms with van der Waals surface area (Å²) in [6, 6.07) is 10.9. The normalized spacial score (nSPS) is 11.8. The minimum atomic E-state index is -4.62. The van der Waals surface area contributed by atoms with Gasteiger partial charge in [-0.15, -0.1) is 0 Å². The topological polar surface area (TPSA) is 66.7 Å². The van der Waals surface area contributed by atoms with Crippen LogP contribution >= 0.6 is 0 Å². The largest absolute Gasteiger partial charge is 0.417 e. The molecule has 2 aromatic carbocycles. The van der Waals surface area contributed by atoms with E-state index in [1.54, 1.807) is 19.0 Å². The lowest BCUT2D eigenvalue weighted by atomic mass is 10.0. The smallest absolute Gasteiger partial charge is 0.383 e. The molecule has 37 heavy (non-hydrogen) atoms. The van der Waals surface area contributed by atoms with Crippen LogP contribution in [0, 0.1) is 11.6 Å². The first-order valence-corrected chi connectivity index (χ1v) is 10.8. The van der Waals surface area contributed by atoms with Crippen molar-refractivity contribution in [2.24, 2.45) is 0 Å². The third-order valence-corrected chi connectivity index (χ3v) is 5.31. The zero-order valence-electron chi connectivity index (χ0n) is 19.5. The number of fused-ring (bicyclic) bond motifs is 1. The van der Waals surface area contributed by atoms with Crippen molar-refractivity contribution in [3.8, 4) is 11.3 Å². The molecule has 0 unspecified atom stereocenters. The maximum Gasteiger partial charge on any atom is 0.417 e. The fraction of sp³-hybridized carbons (Fsp3) is 0.115. The lowest BCUT2D eigenvalue weighted by molar-refractivity contribution is -0.137. The Hall–Kier alpha value is -4.54. The molecule has 0 bridgehead atoms. The molecule has 0 spiro atoms. The highest BCUT2D eigenvalue weighted by Crippen LogP contribution is 2.33. The molecule has 11 heteroatoms. The van der Waals surface area contributed by atoms with Crippen LogP contribution in [0.2, 0.25) is 0 Å². The Morgan fingerprint density at radius 2 is 1.65 bits per heavy atom.